The van der Waals surface area contributed by atoms with E-state index in [-0.39, 0.29) is 18.2 Å². The molecule has 4 heteroatoms. The zero-order valence-electron chi connectivity index (χ0n) is 8.99. The van der Waals surface area contributed by atoms with Crippen molar-refractivity contribution >= 4 is 0 Å². The number of hydrogen-bond donors (Lipinski definition) is 3. The average molecular weight is 203 g/mol. The van der Waals surface area contributed by atoms with Gasteiger partial charge in [0, 0.05) is 12.1 Å². The molecule has 0 aromatic heterocycles. The van der Waals surface area contributed by atoms with E-state index in [4.69, 9.17) is 9.84 Å². The van der Waals surface area contributed by atoms with Crippen molar-refractivity contribution < 1.29 is 14.9 Å². The SMILES string of the molecule is CCC(C)(CCO)NC1COCC1O. The third-order valence-electron chi connectivity index (χ3n) is 3.03. The third-order valence-corrected chi connectivity index (χ3v) is 3.03. The lowest BCUT2D eigenvalue weighted by atomic mass is 9.93. The molecular weight excluding hydrogens is 182 g/mol. The van der Waals surface area contributed by atoms with Crippen molar-refractivity contribution in [1.82, 2.24) is 5.32 Å². The molecule has 3 atom stereocenters. The summed E-state index contributed by atoms with van der Waals surface area (Å²) >= 11 is 0. The zero-order valence-corrected chi connectivity index (χ0v) is 8.99. The van der Waals surface area contributed by atoms with Gasteiger partial charge >= 0.3 is 0 Å². The maximum atomic E-state index is 9.57. The van der Waals surface area contributed by atoms with E-state index >= 15 is 0 Å². The van der Waals surface area contributed by atoms with E-state index in [1.54, 1.807) is 0 Å². The Kier molecular flexibility index (Phi) is 4.31. The Bertz CT molecular complexity index is 177. The number of ether oxygens (including phenoxy) is 1. The number of aliphatic hydroxyl groups is 2. The van der Waals surface area contributed by atoms with Crippen LogP contribution in [0.15, 0.2) is 0 Å². The molecule has 1 heterocycles. The lowest BCUT2D eigenvalue weighted by Crippen LogP contribution is -2.52. The van der Waals surface area contributed by atoms with Crippen LogP contribution in [0.5, 0.6) is 0 Å². The third kappa shape index (κ3) is 2.92. The Morgan fingerprint density at radius 1 is 1.50 bits per heavy atom. The number of rotatable bonds is 5. The van der Waals surface area contributed by atoms with Gasteiger partial charge in [0.1, 0.15) is 0 Å². The fourth-order valence-electron chi connectivity index (χ4n) is 1.73. The summed E-state index contributed by atoms with van der Waals surface area (Å²) in [7, 11) is 0. The lowest BCUT2D eigenvalue weighted by molar-refractivity contribution is 0.114. The van der Waals surface area contributed by atoms with Crippen LogP contribution in [0.2, 0.25) is 0 Å². The molecule has 84 valence electrons. The minimum absolute atomic E-state index is 0.00602. The highest BCUT2D eigenvalue weighted by Gasteiger charge is 2.32. The molecule has 0 bridgehead atoms. The average Bonchev–Trinajstić information content (AvgIpc) is 2.52. The number of aliphatic hydroxyl groups excluding tert-OH is 2. The van der Waals surface area contributed by atoms with Crippen LogP contribution in [-0.2, 0) is 4.74 Å². The molecule has 0 aromatic rings. The Morgan fingerprint density at radius 3 is 2.64 bits per heavy atom. The van der Waals surface area contributed by atoms with E-state index in [0.717, 1.165) is 6.42 Å². The Hall–Kier alpha value is -0.160. The van der Waals surface area contributed by atoms with Crippen LogP contribution in [-0.4, -0.2) is 47.7 Å². The molecule has 0 aromatic carbocycles. The van der Waals surface area contributed by atoms with Gasteiger partial charge in [-0.2, -0.15) is 0 Å². The minimum Gasteiger partial charge on any atom is -0.396 e. The normalized spacial score (nSPS) is 31.7. The van der Waals surface area contributed by atoms with Gasteiger partial charge in [0.2, 0.25) is 0 Å². The van der Waals surface area contributed by atoms with Crippen molar-refractivity contribution in [2.24, 2.45) is 0 Å². The van der Waals surface area contributed by atoms with Gasteiger partial charge in [0.25, 0.3) is 0 Å². The first-order valence-electron chi connectivity index (χ1n) is 5.25. The topological polar surface area (TPSA) is 61.7 Å². The molecular formula is C10H21NO3. The largest absolute Gasteiger partial charge is 0.396 e. The molecule has 1 aliphatic rings. The molecule has 14 heavy (non-hydrogen) atoms. The molecule has 0 saturated carbocycles. The van der Waals surface area contributed by atoms with E-state index in [1.807, 2.05) is 0 Å². The molecule has 4 nitrogen and oxygen atoms in total. The quantitative estimate of drug-likeness (QED) is 0.583. The smallest absolute Gasteiger partial charge is 0.0948 e. The fourth-order valence-corrected chi connectivity index (χ4v) is 1.73. The fraction of sp³-hybridized carbons (Fsp3) is 1.00. The standard InChI is InChI=1S/C10H21NO3/c1-3-10(2,4-5-12)11-8-6-14-7-9(8)13/h8-9,11-13H,3-7H2,1-2H3. The predicted molar refractivity (Wildman–Crippen MR) is 54.1 cm³/mol. The molecule has 1 saturated heterocycles. The first kappa shape index (κ1) is 11.9. The molecule has 0 spiro atoms. The van der Waals surface area contributed by atoms with Crippen molar-refractivity contribution in [3.63, 3.8) is 0 Å². The van der Waals surface area contributed by atoms with Crippen LogP contribution >= 0.6 is 0 Å². The highest BCUT2D eigenvalue weighted by Crippen LogP contribution is 2.17. The van der Waals surface area contributed by atoms with Crippen molar-refractivity contribution in [2.75, 3.05) is 19.8 Å². The summed E-state index contributed by atoms with van der Waals surface area (Å²) in [4.78, 5) is 0. The van der Waals surface area contributed by atoms with Crippen molar-refractivity contribution in [2.45, 2.75) is 44.4 Å². The second kappa shape index (κ2) is 5.07. The number of hydrogen-bond acceptors (Lipinski definition) is 4. The summed E-state index contributed by atoms with van der Waals surface area (Å²) in [5, 5.41) is 21.9. The molecule has 3 unspecified atom stereocenters. The van der Waals surface area contributed by atoms with Crippen LogP contribution in [0.25, 0.3) is 0 Å². The summed E-state index contributed by atoms with van der Waals surface area (Å²) in [6.07, 6.45) is 1.21. The monoisotopic (exact) mass is 203 g/mol. The van der Waals surface area contributed by atoms with Crippen molar-refractivity contribution in [1.29, 1.82) is 0 Å². The van der Waals surface area contributed by atoms with Gasteiger partial charge in [0.15, 0.2) is 0 Å². The van der Waals surface area contributed by atoms with Crippen molar-refractivity contribution in [3.05, 3.63) is 0 Å². The van der Waals surface area contributed by atoms with Crippen LogP contribution in [0.3, 0.4) is 0 Å². The Labute approximate surface area is 85.3 Å². The molecule has 0 radical (unpaired) electrons. The lowest BCUT2D eigenvalue weighted by Gasteiger charge is -2.33. The van der Waals surface area contributed by atoms with E-state index in [0.29, 0.717) is 19.6 Å². The van der Waals surface area contributed by atoms with Gasteiger partial charge in [-0.15, -0.1) is 0 Å². The van der Waals surface area contributed by atoms with Crippen LogP contribution in [0, 0.1) is 0 Å². The zero-order chi connectivity index (χ0) is 10.6. The highest BCUT2D eigenvalue weighted by atomic mass is 16.5. The van der Waals surface area contributed by atoms with Crippen LogP contribution in [0.4, 0.5) is 0 Å². The summed E-state index contributed by atoms with van der Waals surface area (Å²) in [6, 6.07) is 0.00602. The summed E-state index contributed by atoms with van der Waals surface area (Å²) < 4.78 is 5.16. The minimum atomic E-state index is -0.417. The summed E-state index contributed by atoms with van der Waals surface area (Å²) in [5.41, 5.74) is -0.103. The van der Waals surface area contributed by atoms with E-state index in [1.165, 1.54) is 0 Å². The Morgan fingerprint density at radius 2 is 2.21 bits per heavy atom. The molecule has 0 aliphatic carbocycles. The summed E-state index contributed by atoms with van der Waals surface area (Å²) in [6.45, 7) is 5.28. The van der Waals surface area contributed by atoms with Gasteiger partial charge in [-0.1, -0.05) is 6.92 Å². The Balaban J connectivity index is 2.46. The van der Waals surface area contributed by atoms with Crippen molar-refractivity contribution in [3.8, 4) is 0 Å². The molecule has 1 aliphatic heterocycles. The van der Waals surface area contributed by atoms with E-state index in [2.05, 4.69) is 19.2 Å². The van der Waals surface area contributed by atoms with E-state index < -0.39 is 6.10 Å². The van der Waals surface area contributed by atoms with Gasteiger partial charge < -0.3 is 20.3 Å². The molecule has 0 amide bonds. The highest BCUT2D eigenvalue weighted by molar-refractivity contribution is 4.90. The van der Waals surface area contributed by atoms with Gasteiger partial charge in [0.05, 0.1) is 25.4 Å². The van der Waals surface area contributed by atoms with Gasteiger partial charge in [-0.25, -0.2) is 0 Å². The molecule has 1 fully saturated rings. The second-order valence-electron chi connectivity index (χ2n) is 4.24. The first-order valence-corrected chi connectivity index (χ1v) is 5.25. The first-order chi connectivity index (χ1) is 6.61. The summed E-state index contributed by atoms with van der Waals surface area (Å²) in [5.74, 6) is 0. The maximum absolute atomic E-state index is 9.57. The molecule has 1 rings (SSSR count). The molecule has 3 N–H and O–H groups in total. The second-order valence-corrected chi connectivity index (χ2v) is 4.24. The van der Waals surface area contributed by atoms with Crippen LogP contribution in [0.1, 0.15) is 26.7 Å². The predicted octanol–water partition coefficient (Wildman–Crippen LogP) is -0.113. The van der Waals surface area contributed by atoms with E-state index in [9.17, 15) is 5.11 Å². The van der Waals surface area contributed by atoms with Gasteiger partial charge in [-0.3, -0.25) is 0 Å². The maximum Gasteiger partial charge on any atom is 0.0948 e. The van der Waals surface area contributed by atoms with Gasteiger partial charge in [-0.05, 0) is 19.8 Å². The number of nitrogens with one attached hydrogen (secondary N) is 1. The van der Waals surface area contributed by atoms with Crippen LogP contribution < -0.4 is 5.32 Å².